The molecule has 0 aliphatic carbocycles. The molecular formula is C26H31NO7. The summed E-state index contributed by atoms with van der Waals surface area (Å²) in [5.41, 5.74) is 0.162. The molecule has 2 N–H and O–H groups in total. The van der Waals surface area contributed by atoms with E-state index >= 15 is 0 Å². The van der Waals surface area contributed by atoms with Crippen molar-refractivity contribution in [2.75, 3.05) is 13.2 Å². The molecule has 0 unspecified atom stereocenters. The topological polar surface area (TPSA) is 107 Å². The molecule has 4 rings (SSSR count). The highest BCUT2D eigenvalue weighted by atomic mass is 16.7. The van der Waals surface area contributed by atoms with Crippen molar-refractivity contribution < 1.29 is 28.5 Å². The number of aromatic hydroxyl groups is 1. The first-order valence-electron chi connectivity index (χ1n) is 11.3. The molecule has 0 atom stereocenters. The van der Waals surface area contributed by atoms with Crippen LogP contribution in [0.5, 0.6) is 5.75 Å². The van der Waals surface area contributed by atoms with Gasteiger partial charge in [-0.2, -0.15) is 0 Å². The number of alkyl carbamates (subject to hydrolysis) is 1. The highest BCUT2D eigenvalue weighted by Gasteiger charge is 2.42. The van der Waals surface area contributed by atoms with Crippen LogP contribution in [-0.2, 0) is 20.6 Å². The third kappa shape index (κ3) is 5.34. The summed E-state index contributed by atoms with van der Waals surface area (Å²) in [6.45, 7) is 9.60. The molecule has 1 aliphatic heterocycles. The molecule has 0 radical (unpaired) electrons. The van der Waals surface area contributed by atoms with Crippen LogP contribution in [0.2, 0.25) is 0 Å². The van der Waals surface area contributed by atoms with Gasteiger partial charge in [0, 0.05) is 0 Å². The lowest BCUT2D eigenvalue weighted by Gasteiger charge is -2.44. The van der Waals surface area contributed by atoms with Crippen molar-refractivity contribution in [1.82, 2.24) is 5.32 Å². The van der Waals surface area contributed by atoms with Gasteiger partial charge in [0.2, 0.25) is 5.43 Å². The fourth-order valence-electron chi connectivity index (χ4n) is 3.94. The molecule has 3 aromatic rings. The number of aryl methyl sites for hydroxylation is 1. The van der Waals surface area contributed by atoms with E-state index < -0.39 is 23.0 Å². The molecule has 2 aromatic carbocycles. The second kappa shape index (κ2) is 8.60. The Bertz CT molecular complexity index is 1280. The number of fused-ring (bicyclic) bond motifs is 2. The average Bonchev–Trinajstić information content (AvgIpc) is 2.74. The molecule has 1 aromatic heterocycles. The van der Waals surface area contributed by atoms with Gasteiger partial charge in [-0.25, -0.2) is 4.79 Å². The van der Waals surface area contributed by atoms with Gasteiger partial charge < -0.3 is 29.1 Å². The number of amides is 1. The number of phenols is 1. The fourth-order valence-corrected chi connectivity index (χ4v) is 3.94. The molecular weight excluding hydrogens is 438 g/mol. The summed E-state index contributed by atoms with van der Waals surface area (Å²) in [6.07, 6.45) is 0.522. The van der Waals surface area contributed by atoms with Gasteiger partial charge in [-0.1, -0.05) is 6.07 Å². The van der Waals surface area contributed by atoms with Gasteiger partial charge in [0.25, 0.3) is 0 Å². The van der Waals surface area contributed by atoms with Crippen LogP contribution < -0.4 is 10.7 Å². The molecule has 1 saturated heterocycles. The Morgan fingerprint density at radius 3 is 2.32 bits per heavy atom. The Balaban J connectivity index is 1.59. The van der Waals surface area contributed by atoms with Crippen molar-refractivity contribution in [2.45, 2.75) is 64.4 Å². The highest BCUT2D eigenvalue weighted by Crippen LogP contribution is 2.29. The van der Waals surface area contributed by atoms with Gasteiger partial charge in [0.1, 0.15) is 22.5 Å². The maximum Gasteiger partial charge on any atom is 0.408 e. The molecule has 1 aliphatic rings. The molecule has 8 nitrogen and oxygen atoms in total. The number of nitrogens with one attached hydrogen (secondary N) is 1. The predicted octanol–water partition coefficient (Wildman–Crippen LogP) is 4.63. The molecule has 0 bridgehead atoms. The smallest absolute Gasteiger partial charge is 0.408 e. The quantitative estimate of drug-likeness (QED) is 0.537. The summed E-state index contributed by atoms with van der Waals surface area (Å²) in [5, 5.41) is 13.5. The van der Waals surface area contributed by atoms with Gasteiger partial charge in [-0.05, 0) is 83.4 Å². The van der Waals surface area contributed by atoms with Crippen LogP contribution in [-0.4, -0.2) is 41.3 Å². The molecule has 2 heterocycles. The first-order chi connectivity index (χ1) is 15.8. The lowest BCUT2D eigenvalue weighted by molar-refractivity contribution is -0.271. The van der Waals surface area contributed by atoms with Crippen LogP contribution >= 0.6 is 0 Å². The number of ether oxygens (including phenoxy) is 3. The third-order valence-corrected chi connectivity index (χ3v) is 5.77. The summed E-state index contributed by atoms with van der Waals surface area (Å²) in [6, 6.07) is 9.93. The number of rotatable bonds is 4. The van der Waals surface area contributed by atoms with Crippen LogP contribution in [0.1, 0.15) is 46.6 Å². The first kappa shape index (κ1) is 24.0. The summed E-state index contributed by atoms with van der Waals surface area (Å²) < 4.78 is 23.0. The normalized spacial score (nSPS) is 17.6. The number of benzene rings is 2. The molecule has 0 spiro atoms. The largest absolute Gasteiger partial charge is 0.508 e. The maximum atomic E-state index is 13.0. The standard InChI is InChI=1S/C26H31NO7/c1-24(2,3)34-23(30)27-26(14-31-25(4,5)32-15-26)11-10-16-6-8-20-18(12-16)22(29)19-13-17(28)7-9-21(19)33-20/h6-9,12-13,28H,10-11,14-15H2,1-5H3,(H,27,30). The molecule has 8 heteroatoms. The van der Waals surface area contributed by atoms with Crippen LogP contribution in [0, 0.1) is 0 Å². The van der Waals surface area contributed by atoms with Crippen LogP contribution in [0.15, 0.2) is 45.6 Å². The summed E-state index contributed by atoms with van der Waals surface area (Å²) in [7, 11) is 0. The van der Waals surface area contributed by atoms with Gasteiger partial charge in [0.15, 0.2) is 5.79 Å². The Labute approximate surface area is 197 Å². The molecule has 1 amide bonds. The van der Waals surface area contributed by atoms with Gasteiger partial charge in [0.05, 0.1) is 29.5 Å². The average molecular weight is 470 g/mol. The zero-order valence-electron chi connectivity index (χ0n) is 20.2. The number of hydrogen-bond acceptors (Lipinski definition) is 7. The summed E-state index contributed by atoms with van der Waals surface area (Å²) in [4.78, 5) is 25.6. The van der Waals surface area contributed by atoms with E-state index in [1.807, 2.05) is 19.9 Å². The Hall–Kier alpha value is -3.10. The molecule has 182 valence electrons. The first-order valence-corrected chi connectivity index (χ1v) is 11.3. The lowest BCUT2D eigenvalue weighted by atomic mass is 9.91. The van der Waals surface area contributed by atoms with E-state index in [2.05, 4.69) is 5.32 Å². The van der Waals surface area contributed by atoms with E-state index in [4.69, 9.17) is 18.6 Å². The van der Waals surface area contributed by atoms with Crippen molar-refractivity contribution >= 4 is 28.0 Å². The SMILES string of the molecule is CC(C)(C)OC(=O)NC1(CCc2ccc3oc4ccc(O)cc4c(=O)c3c2)COC(C)(C)OC1. The Morgan fingerprint density at radius 2 is 1.68 bits per heavy atom. The maximum absolute atomic E-state index is 13.0. The summed E-state index contributed by atoms with van der Waals surface area (Å²) in [5.74, 6) is -0.737. The van der Waals surface area contributed by atoms with Crippen LogP contribution in [0.4, 0.5) is 4.79 Å². The van der Waals surface area contributed by atoms with E-state index in [0.717, 1.165) is 5.56 Å². The Morgan fingerprint density at radius 1 is 1.06 bits per heavy atom. The third-order valence-electron chi connectivity index (χ3n) is 5.77. The number of hydrogen-bond donors (Lipinski definition) is 2. The van der Waals surface area contributed by atoms with Crippen molar-refractivity contribution in [3.05, 3.63) is 52.2 Å². The van der Waals surface area contributed by atoms with Gasteiger partial charge in [-0.15, -0.1) is 0 Å². The summed E-state index contributed by atoms with van der Waals surface area (Å²) >= 11 is 0. The van der Waals surface area contributed by atoms with Crippen molar-refractivity contribution in [1.29, 1.82) is 0 Å². The minimum Gasteiger partial charge on any atom is -0.508 e. The molecule has 0 saturated carbocycles. The van der Waals surface area contributed by atoms with Crippen molar-refractivity contribution in [2.24, 2.45) is 0 Å². The van der Waals surface area contributed by atoms with Crippen molar-refractivity contribution in [3.63, 3.8) is 0 Å². The molecule has 1 fully saturated rings. The van der Waals surface area contributed by atoms with Crippen molar-refractivity contribution in [3.8, 4) is 5.75 Å². The van der Waals surface area contributed by atoms with E-state index in [1.54, 1.807) is 39.0 Å². The zero-order valence-corrected chi connectivity index (χ0v) is 20.2. The predicted molar refractivity (Wildman–Crippen MR) is 128 cm³/mol. The highest BCUT2D eigenvalue weighted by molar-refractivity contribution is 5.90. The van der Waals surface area contributed by atoms with Crippen LogP contribution in [0.3, 0.4) is 0 Å². The van der Waals surface area contributed by atoms with E-state index in [-0.39, 0.29) is 24.4 Å². The Kier molecular flexibility index (Phi) is 6.08. The van der Waals surface area contributed by atoms with E-state index in [1.165, 1.54) is 12.1 Å². The number of carbonyl (C=O) groups is 1. The minimum absolute atomic E-state index is 0.00527. The van der Waals surface area contributed by atoms with Gasteiger partial charge in [-0.3, -0.25) is 4.79 Å². The number of phenolic OH excluding ortho intramolecular Hbond substituents is 1. The monoisotopic (exact) mass is 469 g/mol. The van der Waals surface area contributed by atoms with Crippen LogP contribution in [0.25, 0.3) is 21.9 Å². The minimum atomic E-state index is -0.785. The van der Waals surface area contributed by atoms with Gasteiger partial charge >= 0.3 is 6.09 Å². The molecule has 34 heavy (non-hydrogen) atoms. The second-order valence-corrected chi connectivity index (χ2v) is 10.3. The lowest BCUT2D eigenvalue weighted by Crippen LogP contribution is -2.61. The van der Waals surface area contributed by atoms with E-state index in [9.17, 15) is 14.7 Å². The fraction of sp³-hybridized carbons (Fsp3) is 0.462. The van der Waals surface area contributed by atoms with E-state index in [0.29, 0.717) is 34.8 Å². The zero-order chi connectivity index (χ0) is 24.7. The second-order valence-electron chi connectivity index (χ2n) is 10.3. The number of carbonyl (C=O) groups excluding carboxylic acids is 1.